The minimum atomic E-state index is -0.128. The maximum absolute atomic E-state index is 2.67. The van der Waals surface area contributed by atoms with Crippen LogP contribution in [0.5, 0.6) is 0 Å². The molecule has 9 aromatic carbocycles. The summed E-state index contributed by atoms with van der Waals surface area (Å²) in [7, 11) is 0. The molecular weight excluding hydrogens is 792 g/mol. The van der Waals surface area contributed by atoms with Crippen molar-refractivity contribution >= 4 is 88.5 Å². The molecule has 0 saturated heterocycles. The van der Waals surface area contributed by atoms with E-state index in [1.54, 1.807) is 0 Å². The predicted molar refractivity (Wildman–Crippen MR) is 279 cm³/mol. The maximum Gasteiger partial charge on any atom is 0.333 e. The number of fused-ring (bicyclic) bond motifs is 10. The van der Waals surface area contributed by atoms with E-state index in [1.165, 1.54) is 115 Å². The van der Waals surface area contributed by atoms with Crippen LogP contribution in [0.15, 0.2) is 188 Å². The lowest BCUT2D eigenvalue weighted by Gasteiger charge is -2.47. The number of thiophene rings is 1. The van der Waals surface area contributed by atoms with Crippen LogP contribution in [0.25, 0.3) is 64.3 Å². The highest BCUT2D eigenvalue weighted by Gasteiger charge is 2.47. The number of nitrogens with zero attached hydrogens (tertiary/aromatic N) is 2. The molecule has 12 rings (SSSR count). The van der Waals surface area contributed by atoms with Gasteiger partial charge in [0.2, 0.25) is 0 Å². The minimum Gasteiger partial charge on any atom is -0.376 e. The van der Waals surface area contributed by atoms with Crippen molar-refractivity contribution in [3.8, 4) is 33.4 Å². The molecule has 0 spiro atoms. The molecule has 0 bridgehead atoms. The monoisotopic (exact) mass is 840 g/mol. The zero-order valence-corrected chi connectivity index (χ0v) is 38.1. The molecule has 1 aromatic heterocycles. The van der Waals surface area contributed by atoms with E-state index < -0.39 is 0 Å². The lowest BCUT2D eigenvalue weighted by molar-refractivity contribution is 0.590. The van der Waals surface area contributed by atoms with Gasteiger partial charge < -0.3 is 9.71 Å². The summed E-state index contributed by atoms with van der Waals surface area (Å²) in [5, 5.41) is 5.12. The van der Waals surface area contributed by atoms with Gasteiger partial charge in [-0.15, -0.1) is 11.3 Å². The third kappa shape index (κ3) is 6.00. The lowest BCUT2D eigenvalue weighted by atomic mass is 9.43. The Balaban J connectivity index is 1.26. The third-order valence-electron chi connectivity index (χ3n) is 13.7. The topological polar surface area (TPSA) is 6.48 Å². The number of benzene rings is 9. The van der Waals surface area contributed by atoms with E-state index in [9.17, 15) is 0 Å². The molecule has 0 radical (unpaired) electrons. The van der Waals surface area contributed by atoms with Gasteiger partial charge in [-0.1, -0.05) is 181 Å². The first kappa shape index (κ1) is 38.8. The second-order valence-corrected chi connectivity index (χ2v) is 20.8. The molecule has 3 heterocycles. The van der Waals surface area contributed by atoms with Crippen molar-refractivity contribution in [1.29, 1.82) is 0 Å². The zero-order valence-electron chi connectivity index (χ0n) is 37.3. The number of rotatable bonds is 4. The van der Waals surface area contributed by atoms with Gasteiger partial charge in [-0.25, -0.2) is 0 Å². The smallest absolute Gasteiger partial charge is 0.333 e. The molecule has 4 heteroatoms. The van der Waals surface area contributed by atoms with Crippen LogP contribution in [0.1, 0.15) is 52.7 Å². The van der Waals surface area contributed by atoms with E-state index in [1.807, 2.05) is 11.3 Å². The molecule has 2 nitrogen and oxygen atoms in total. The van der Waals surface area contributed by atoms with Crippen molar-refractivity contribution in [1.82, 2.24) is 0 Å². The average molecular weight is 841 g/mol. The van der Waals surface area contributed by atoms with Gasteiger partial charge in [0.05, 0.1) is 11.4 Å². The van der Waals surface area contributed by atoms with Gasteiger partial charge in [0, 0.05) is 48.4 Å². The molecule has 2 aliphatic heterocycles. The summed E-state index contributed by atoms with van der Waals surface area (Å²) in [5.74, 6) is 0. The Morgan fingerprint density at radius 1 is 0.453 bits per heavy atom. The molecule has 10 aromatic rings. The van der Waals surface area contributed by atoms with E-state index >= 15 is 0 Å². The second kappa shape index (κ2) is 14.3. The second-order valence-electron chi connectivity index (χ2n) is 19.7. The van der Waals surface area contributed by atoms with Crippen LogP contribution >= 0.6 is 11.3 Å². The molecule has 0 aliphatic carbocycles. The Kier molecular flexibility index (Phi) is 8.68. The first-order chi connectivity index (χ1) is 31.0. The van der Waals surface area contributed by atoms with Crippen LogP contribution in [-0.2, 0) is 10.8 Å². The molecule has 0 N–H and O–H groups in total. The number of anilines is 5. The SMILES string of the molecule is CC(C)(C)c1ccc(N2B3c4ccc5sc6ccccc6c5c4N(c4ccc(C(C)(C)C)cc4-c4ccccc4)c4cc5ccccc5c(c43)-c3ccc(-c4ccccc4)cc32)cc1. The summed E-state index contributed by atoms with van der Waals surface area (Å²) in [4.78, 5) is 5.34. The lowest BCUT2D eigenvalue weighted by Crippen LogP contribution is -2.61. The quantitative estimate of drug-likeness (QED) is 0.163. The molecule has 64 heavy (non-hydrogen) atoms. The van der Waals surface area contributed by atoms with E-state index in [-0.39, 0.29) is 17.7 Å². The van der Waals surface area contributed by atoms with Crippen LogP contribution in [-0.4, -0.2) is 6.85 Å². The van der Waals surface area contributed by atoms with Crippen molar-refractivity contribution in [2.75, 3.05) is 9.71 Å². The summed E-state index contributed by atoms with van der Waals surface area (Å²) in [6.45, 7) is 13.7. The van der Waals surface area contributed by atoms with Crippen molar-refractivity contribution in [2.24, 2.45) is 0 Å². The highest BCUT2D eigenvalue weighted by atomic mass is 32.1. The fourth-order valence-corrected chi connectivity index (χ4v) is 11.6. The van der Waals surface area contributed by atoms with Crippen LogP contribution in [0, 0.1) is 0 Å². The van der Waals surface area contributed by atoms with Crippen molar-refractivity contribution in [3.63, 3.8) is 0 Å². The fraction of sp³-hybridized carbons (Fsp3) is 0.133. The highest BCUT2D eigenvalue weighted by molar-refractivity contribution is 7.26. The number of hydrogen-bond donors (Lipinski definition) is 0. The van der Waals surface area contributed by atoms with Crippen molar-refractivity contribution in [2.45, 2.75) is 52.4 Å². The normalized spacial score (nSPS) is 13.4. The predicted octanol–water partition coefficient (Wildman–Crippen LogP) is 15.8. The zero-order chi connectivity index (χ0) is 43.5. The molecule has 0 unspecified atom stereocenters. The van der Waals surface area contributed by atoms with Crippen molar-refractivity contribution < 1.29 is 0 Å². The van der Waals surface area contributed by atoms with E-state index in [4.69, 9.17) is 0 Å². The number of hydrogen-bond acceptors (Lipinski definition) is 3. The molecule has 0 amide bonds. The van der Waals surface area contributed by atoms with E-state index in [0.29, 0.717) is 0 Å². The van der Waals surface area contributed by atoms with Gasteiger partial charge in [0.1, 0.15) is 0 Å². The van der Waals surface area contributed by atoms with Crippen LogP contribution in [0.2, 0.25) is 0 Å². The Morgan fingerprint density at radius 3 is 1.84 bits per heavy atom. The average Bonchev–Trinajstić information content (AvgIpc) is 3.70. The molecule has 0 saturated carbocycles. The highest BCUT2D eigenvalue weighted by Crippen LogP contribution is 2.54. The molecule has 308 valence electrons. The van der Waals surface area contributed by atoms with E-state index in [2.05, 4.69) is 239 Å². The Labute approximate surface area is 381 Å². The van der Waals surface area contributed by atoms with Gasteiger partial charge in [-0.05, 0) is 114 Å². The summed E-state index contributed by atoms with van der Waals surface area (Å²) in [6.07, 6.45) is 0. The summed E-state index contributed by atoms with van der Waals surface area (Å²) in [5.41, 5.74) is 18.8. The minimum absolute atomic E-state index is 0.0278. The van der Waals surface area contributed by atoms with Gasteiger partial charge in [-0.3, -0.25) is 0 Å². The fourth-order valence-electron chi connectivity index (χ4n) is 10.5. The molecule has 2 aliphatic rings. The third-order valence-corrected chi connectivity index (χ3v) is 14.9. The standard InChI is InChI=1S/C60H49BN2S/c1-59(2,3)42-26-29-44(30-27-42)63-51-35-40(38-17-9-7-10-18-38)25-31-46(51)55-45-22-14-13-21-41(45)36-52-57(55)61(63)49-32-34-54-56(47-23-15-16-24-53(47)64-54)58(49)62(52)50-33-28-43(60(4,5)6)37-48(50)39-19-11-8-12-20-39/h7-37H,1-6H3. The summed E-state index contributed by atoms with van der Waals surface area (Å²) < 4.78 is 2.60. The summed E-state index contributed by atoms with van der Waals surface area (Å²) in [6, 6.07) is 71.2. The first-order valence-electron chi connectivity index (χ1n) is 22.6. The van der Waals surface area contributed by atoms with Gasteiger partial charge in [-0.2, -0.15) is 0 Å². The first-order valence-corrected chi connectivity index (χ1v) is 23.4. The van der Waals surface area contributed by atoms with E-state index in [0.717, 1.165) is 0 Å². The van der Waals surface area contributed by atoms with Crippen LogP contribution in [0.3, 0.4) is 0 Å². The summed E-state index contributed by atoms with van der Waals surface area (Å²) >= 11 is 1.90. The molecule has 0 fully saturated rings. The van der Waals surface area contributed by atoms with Gasteiger partial charge >= 0.3 is 6.85 Å². The van der Waals surface area contributed by atoms with Gasteiger partial charge in [0.25, 0.3) is 0 Å². The maximum atomic E-state index is 2.67. The Hall–Kier alpha value is -6.88. The van der Waals surface area contributed by atoms with Crippen molar-refractivity contribution in [3.05, 3.63) is 199 Å². The van der Waals surface area contributed by atoms with Crippen LogP contribution < -0.4 is 20.6 Å². The van der Waals surface area contributed by atoms with Crippen LogP contribution in [0.4, 0.5) is 28.4 Å². The Bertz CT molecular complexity index is 3460. The van der Waals surface area contributed by atoms with Gasteiger partial charge in [0.15, 0.2) is 0 Å². The molecule has 0 atom stereocenters. The Morgan fingerprint density at radius 2 is 1.11 bits per heavy atom. The molecular formula is C60H49BN2S. The largest absolute Gasteiger partial charge is 0.376 e.